The molecule has 1 atom stereocenters. The van der Waals surface area contributed by atoms with Crippen LogP contribution in [-0.2, 0) is 20.9 Å². The number of hydrogen-bond donors (Lipinski definition) is 1. The fourth-order valence-electron chi connectivity index (χ4n) is 1.86. The molecule has 1 unspecified atom stereocenters. The molecule has 0 radical (unpaired) electrons. The van der Waals surface area contributed by atoms with Gasteiger partial charge >= 0.3 is 5.97 Å². The van der Waals surface area contributed by atoms with Crippen molar-refractivity contribution in [2.75, 3.05) is 0 Å². The average Bonchev–Trinajstić information content (AvgIpc) is 2.49. The topological polar surface area (TPSA) is 69.4 Å². The third kappa shape index (κ3) is 4.22. The molecule has 1 aromatic carbocycles. The predicted octanol–water partition coefficient (Wildman–Crippen LogP) is 2.19. The van der Waals surface area contributed by atoms with E-state index in [1.54, 1.807) is 6.92 Å². The van der Waals surface area contributed by atoms with Crippen molar-refractivity contribution in [3.8, 4) is 11.8 Å². The zero-order chi connectivity index (χ0) is 15.7. The van der Waals surface area contributed by atoms with Crippen molar-refractivity contribution < 1.29 is 14.3 Å². The summed E-state index contributed by atoms with van der Waals surface area (Å²) in [6, 6.07) is 9.22. The van der Waals surface area contributed by atoms with E-state index in [0.717, 1.165) is 5.56 Å². The summed E-state index contributed by atoms with van der Waals surface area (Å²) in [6.45, 7) is 5.30. The highest BCUT2D eigenvalue weighted by Crippen LogP contribution is 2.29. The molecule has 0 saturated carbocycles. The summed E-state index contributed by atoms with van der Waals surface area (Å²) < 4.78 is 5.25. The monoisotopic (exact) mass is 285 g/mol. The van der Waals surface area contributed by atoms with Crippen molar-refractivity contribution in [3.05, 3.63) is 48.6 Å². The normalized spacial score (nSPS) is 12.4. The van der Waals surface area contributed by atoms with Crippen molar-refractivity contribution >= 4 is 11.9 Å². The molecule has 1 aromatic rings. The molecule has 21 heavy (non-hydrogen) atoms. The summed E-state index contributed by atoms with van der Waals surface area (Å²) in [4.78, 5) is 24.1. The molecule has 1 rings (SSSR count). The second kappa shape index (κ2) is 7.91. The molecular weight excluding hydrogens is 266 g/mol. The lowest BCUT2D eigenvalue weighted by Crippen LogP contribution is -2.44. The molecular formula is C17H19NO3. The van der Waals surface area contributed by atoms with Crippen LogP contribution in [0.1, 0.15) is 25.3 Å². The van der Waals surface area contributed by atoms with Crippen LogP contribution in [0.4, 0.5) is 0 Å². The van der Waals surface area contributed by atoms with E-state index >= 15 is 0 Å². The maximum atomic E-state index is 12.3. The van der Waals surface area contributed by atoms with Gasteiger partial charge < -0.3 is 10.5 Å². The summed E-state index contributed by atoms with van der Waals surface area (Å²) in [5, 5.41) is 0. The Morgan fingerprint density at radius 2 is 2.05 bits per heavy atom. The Bertz CT molecular complexity index is 569. The maximum absolute atomic E-state index is 12.3. The number of benzene rings is 1. The van der Waals surface area contributed by atoms with Crippen LogP contribution in [0.2, 0.25) is 0 Å². The first-order valence-corrected chi connectivity index (χ1v) is 6.58. The first-order chi connectivity index (χ1) is 10.1. The van der Waals surface area contributed by atoms with Crippen LogP contribution in [0.5, 0.6) is 0 Å². The molecule has 0 aliphatic rings. The first-order valence-electron chi connectivity index (χ1n) is 6.58. The maximum Gasteiger partial charge on any atom is 0.323 e. The third-order valence-corrected chi connectivity index (χ3v) is 3.13. The van der Waals surface area contributed by atoms with E-state index in [4.69, 9.17) is 10.5 Å². The zero-order valence-electron chi connectivity index (χ0n) is 12.1. The average molecular weight is 285 g/mol. The summed E-state index contributed by atoms with van der Waals surface area (Å²) in [5.41, 5.74) is 4.78. The molecule has 2 N–H and O–H groups in total. The Labute approximate surface area is 125 Å². The van der Waals surface area contributed by atoms with E-state index in [1.807, 2.05) is 30.3 Å². The van der Waals surface area contributed by atoms with Crippen LogP contribution in [0.15, 0.2) is 43.0 Å². The molecule has 4 heteroatoms. The van der Waals surface area contributed by atoms with Crippen molar-refractivity contribution in [2.24, 2.45) is 11.1 Å². The van der Waals surface area contributed by atoms with Crippen LogP contribution in [-0.4, -0.2) is 11.9 Å². The summed E-state index contributed by atoms with van der Waals surface area (Å²) in [7, 11) is 0. The molecule has 0 saturated heterocycles. The van der Waals surface area contributed by atoms with Gasteiger partial charge in [-0.05, 0) is 18.9 Å². The molecule has 0 aliphatic carbocycles. The third-order valence-electron chi connectivity index (χ3n) is 3.13. The Morgan fingerprint density at radius 3 is 2.57 bits per heavy atom. The highest BCUT2D eigenvalue weighted by atomic mass is 16.5. The van der Waals surface area contributed by atoms with E-state index in [2.05, 4.69) is 18.4 Å². The van der Waals surface area contributed by atoms with Crippen LogP contribution < -0.4 is 5.73 Å². The Hall–Kier alpha value is -2.54. The number of rotatable bonds is 7. The lowest BCUT2D eigenvalue weighted by Gasteiger charge is -2.25. The quantitative estimate of drug-likeness (QED) is 0.361. The number of amides is 1. The van der Waals surface area contributed by atoms with Gasteiger partial charge in [0, 0.05) is 6.42 Å². The fraction of sp³-hybridized carbons (Fsp3) is 0.294. The number of allylic oxidation sites excluding steroid dienone is 1. The van der Waals surface area contributed by atoms with E-state index in [1.165, 1.54) is 6.08 Å². The molecule has 4 nitrogen and oxygen atoms in total. The number of esters is 1. The van der Waals surface area contributed by atoms with Gasteiger partial charge in [-0.25, -0.2) is 0 Å². The molecule has 0 aliphatic heterocycles. The van der Waals surface area contributed by atoms with Crippen LogP contribution >= 0.6 is 0 Å². The number of hydrogen-bond acceptors (Lipinski definition) is 3. The SMILES string of the molecule is C=CCC(CC#CC)(C(N)=O)C(=O)OCc1ccccc1. The molecule has 0 heterocycles. The summed E-state index contributed by atoms with van der Waals surface area (Å²) >= 11 is 0. The van der Waals surface area contributed by atoms with Gasteiger partial charge in [-0.3, -0.25) is 9.59 Å². The Balaban J connectivity index is 2.90. The number of primary amides is 1. The minimum absolute atomic E-state index is 0.0263. The minimum Gasteiger partial charge on any atom is -0.460 e. The Morgan fingerprint density at radius 1 is 1.38 bits per heavy atom. The number of nitrogens with two attached hydrogens (primary N) is 1. The van der Waals surface area contributed by atoms with Gasteiger partial charge in [0.2, 0.25) is 5.91 Å². The standard InChI is InChI=1S/C17H19NO3/c1-3-5-12-17(11-4-2,15(18)19)16(20)21-13-14-9-7-6-8-10-14/h4,6-10H,2,11-13H2,1H3,(H2,18,19). The summed E-state index contributed by atoms with van der Waals surface area (Å²) in [6.07, 6.45) is 1.61. The molecule has 0 aromatic heterocycles. The highest BCUT2D eigenvalue weighted by molar-refractivity contribution is 6.02. The van der Waals surface area contributed by atoms with Crippen molar-refractivity contribution in [2.45, 2.75) is 26.4 Å². The van der Waals surface area contributed by atoms with Gasteiger partial charge in [-0.15, -0.1) is 18.4 Å². The molecule has 110 valence electrons. The lowest BCUT2D eigenvalue weighted by atomic mass is 9.80. The van der Waals surface area contributed by atoms with E-state index in [-0.39, 0.29) is 19.4 Å². The summed E-state index contributed by atoms with van der Waals surface area (Å²) in [5.74, 6) is 3.99. The number of carbonyl (C=O) groups is 2. The smallest absolute Gasteiger partial charge is 0.323 e. The molecule has 1 amide bonds. The first kappa shape index (κ1) is 16.5. The van der Waals surface area contributed by atoms with Crippen molar-refractivity contribution in [1.82, 2.24) is 0 Å². The van der Waals surface area contributed by atoms with E-state index in [9.17, 15) is 9.59 Å². The zero-order valence-corrected chi connectivity index (χ0v) is 12.1. The number of ether oxygens (including phenoxy) is 1. The van der Waals surface area contributed by atoms with E-state index in [0.29, 0.717) is 0 Å². The van der Waals surface area contributed by atoms with Crippen LogP contribution in [0.25, 0.3) is 0 Å². The second-order valence-electron chi connectivity index (χ2n) is 4.60. The second-order valence-corrected chi connectivity index (χ2v) is 4.60. The largest absolute Gasteiger partial charge is 0.460 e. The number of carbonyl (C=O) groups excluding carboxylic acids is 2. The lowest BCUT2D eigenvalue weighted by molar-refractivity contribution is -0.161. The molecule has 0 bridgehead atoms. The van der Waals surface area contributed by atoms with Crippen molar-refractivity contribution in [3.63, 3.8) is 0 Å². The Kier molecular flexibility index (Phi) is 6.22. The minimum atomic E-state index is -1.47. The van der Waals surface area contributed by atoms with Gasteiger partial charge in [0.1, 0.15) is 6.61 Å². The highest BCUT2D eigenvalue weighted by Gasteiger charge is 2.44. The van der Waals surface area contributed by atoms with Crippen molar-refractivity contribution in [1.29, 1.82) is 0 Å². The van der Waals surface area contributed by atoms with Crippen LogP contribution in [0, 0.1) is 17.3 Å². The van der Waals surface area contributed by atoms with Gasteiger partial charge in [0.15, 0.2) is 5.41 Å². The molecule has 0 fully saturated rings. The van der Waals surface area contributed by atoms with Gasteiger partial charge in [0.25, 0.3) is 0 Å². The fourth-order valence-corrected chi connectivity index (χ4v) is 1.86. The van der Waals surface area contributed by atoms with Gasteiger partial charge in [-0.2, -0.15) is 0 Å². The molecule has 0 spiro atoms. The van der Waals surface area contributed by atoms with Gasteiger partial charge in [-0.1, -0.05) is 36.4 Å². The predicted molar refractivity (Wildman–Crippen MR) is 80.7 cm³/mol. The van der Waals surface area contributed by atoms with E-state index < -0.39 is 17.3 Å². The van der Waals surface area contributed by atoms with Gasteiger partial charge in [0.05, 0.1) is 0 Å². The van der Waals surface area contributed by atoms with Crippen LogP contribution in [0.3, 0.4) is 0 Å².